The fourth-order valence-electron chi connectivity index (χ4n) is 6.25. The van der Waals surface area contributed by atoms with E-state index in [9.17, 15) is 14.4 Å². The lowest BCUT2D eigenvalue weighted by atomic mass is 9.95. The first kappa shape index (κ1) is 47.2. The topological polar surface area (TPSA) is 213 Å². The van der Waals surface area contributed by atoms with E-state index >= 15 is 0 Å². The Kier molecular flexibility index (Phi) is 19.6. The molecule has 19 heteroatoms. The van der Waals surface area contributed by atoms with Crippen molar-refractivity contribution in [3.8, 4) is 0 Å². The minimum atomic E-state index is -4.67. The van der Waals surface area contributed by atoms with Crippen molar-refractivity contribution in [3.05, 3.63) is 104 Å². The van der Waals surface area contributed by atoms with E-state index in [0.717, 1.165) is 39.8 Å². The largest absolute Gasteiger partial charge is 0.444 e. The summed E-state index contributed by atoms with van der Waals surface area (Å²) < 4.78 is 42.6. The molecule has 3 unspecified atom stereocenters. The molecule has 2 aromatic heterocycles. The Morgan fingerprint density at radius 2 is 1.49 bits per heavy atom. The number of benzene rings is 2. The van der Waals surface area contributed by atoms with Gasteiger partial charge in [-0.3, -0.25) is 23.8 Å². The number of nitrogens with one attached hydrogen (secondary N) is 3. The van der Waals surface area contributed by atoms with Gasteiger partial charge in [0.2, 0.25) is 5.91 Å². The maximum atomic E-state index is 14.2. The van der Waals surface area contributed by atoms with Crippen molar-refractivity contribution in [2.75, 3.05) is 39.9 Å². The molecule has 3 atom stereocenters. The van der Waals surface area contributed by atoms with Crippen molar-refractivity contribution in [3.63, 3.8) is 0 Å². The van der Waals surface area contributed by atoms with E-state index in [-0.39, 0.29) is 30.6 Å². The normalized spacial score (nSPS) is 14.6. The third-order valence-electron chi connectivity index (χ3n) is 9.27. The highest BCUT2D eigenvalue weighted by atomic mass is 32.3. The van der Waals surface area contributed by atoms with Gasteiger partial charge in [0.05, 0.1) is 40.8 Å². The summed E-state index contributed by atoms with van der Waals surface area (Å²) in [7, 11) is -2.94. The number of aromatic nitrogens is 2. The number of amides is 4. The number of hydrogen-bond acceptors (Lipinski definition) is 12. The number of ether oxygens (including phenoxy) is 2. The number of nitrogens with zero attached hydrogens (tertiary/aromatic N) is 4. The number of thiazole rings is 2. The second-order valence-corrected chi connectivity index (χ2v) is 17.2. The van der Waals surface area contributed by atoms with Crippen molar-refractivity contribution < 1.29 is 41.4 Å². The summed E-state index contributed by atoms with van der Waals surface area (Å²) in [5, 5.41) is 12.4. The van der Waals surface area contributed by atoms with E-state index in [2.05, 4.69) is 44.7 Å². The van der Waals surface area contributed by atoms with E-state index in [0.29, 0.717) is 64.3 Å². The number of morpholine rings is 1. The Morgan fingerprint density at radius 3 is 2.03 bits per heavy atom. The maximum Gasteiger partial charge on any atom is 0.407 e. The van der Waals surface area contributed by atoms with Crippen molar-refractivity contribution in [2.45, 2.75) is 83.1 Å². The Morgan fingerprint density at radius 1 is 0.898 bits per heavy atom. The average molecular weight is 874 g/mol. The van der Waals surface area contributed by atoms with E-state index in [4.69, 9.17) is 27.0 Å². The van der Waals surface area contributed by atoms with Crippen molar-refractivity contribution >= 4 is 51.1 Å². The third kappa shape index (κ3) is 19.0. The van der Waals surface area contributed by atoms with Gasteiger partial charge in [-0.05, 0) is 43.2 Å². The van der Waals surface area contributed by atoms with E-state index < -0.39 is 22.5 Å². The molecule has 0 saturated carbocycles. The van der Waals surface area contributed by atoms with Crippen LogP contribution in [0.2, 0.25) is 0 Å². The monoisotopic (exact) mass is 873 g/mol. The molecule has 5 rings (SSSR count). The Labute approximate surface area is 354 Å². The SMILES string of the molecule is CC(C)c1nc(CN(C)C(=O)NC(CCN2CCOCC2)C(=O)NC(CCC(Cc2ccccc2)NC(=O)OCc2cncs2)Cc2ccccc2)cs1.O=S(=O)(O)O. The van der Waals surface area contributed by atoms with Crippen LogP contribution >= 0.6 is 22.7 Å². The molecule has 0 radical (unpaired) electrons. The molecule has 1 fully saturated rings. The van der Waals surface area contributed by atoms with Crippen molar-refractivity contribution in [1.29, 1.82) is 0 Å². The molecule has 0 bridgehead atoms. The first-order valence-corrected chi connectivity index (χ1v) is 22.5. The standard InChI is InChI=1S/C40H53N7O5S2.H2O4S/c1-29(2)38-43-34(27-53-38)25-46(3)39(49)45-36(16-17-47-18-20-51-21-19-47)37(48)42-32(22-30-10-6-4-7-11-30)14-15-33(23-31-12-8-5-9-13-31)44-40(50)52-26-35-24-41-28-54-35;1-5(2,3)4/h4-13,24,27-29,32-33,36H,14-23,25-26H2,1-3H3,(H,42,48)(H,44,50)(H,45,49);(H2,1,2,3,4). The molecule has 1 aliphatic heterocycles. The Hall–Kier alpha value is -4.50. The number of carbonyl (C=O) groups excluding carboxylic acids is 3. The zero-order valence-corrected chi connectivity index (χ0v) is 36.0. The number of urea groups is 1. The fourth-order valence-corrected chi connectivity index (χ4v) is 7.58. The Bertz CT molecular complexity index is 1940. The summed E-state index contributed by atoms with van der Waals surface area (Å²) in [6.45, 7) is 8.19. The molecule has 1 saturated heterocycles. The number of rotatable bonds is 19. The summed E-state index contributed by atoms with van der Waals surface area (Å²) >= 11 is 3.02. The van der Waals surface area contributed by atoms with Gasteiger partial charge in [-0.15, -0.1) is 22.7 Å². The molecular weight excluding hydrogens is 819 g/mol. The van der Waals surface area contributed by atoms with Crippen LogP contribution in [-0.2, 0) is 50.7 Å². The van der Waals surface area contributed by atoms with Gasteiger partial charge in [0.1, 0.15) is 12.6 Å². The summed E-state index contributed by atoms with van der Waals surface area (Å²) in [6, 6.07) is 18.4. The molecule has 322 valence electrons. The average Bonchev–Trinajstić information content (AvgIpc) is 3.91. The summed E-state index contributed by atoms with van der Waals surface area (Å²) in [5.74, 6) is 0.0746. The van der Waals surface area contributed by atoms with Crippen LogP contribution in [-0.4, -0.2) is 113 Å². The number of hydrogen-bond donors (Lipinski definition) is 5. The van der Waals surface area contributed by atoms with Gasteiger partial charge in [0.15, 0.2) is 0 Å². The van der Waals surface area contributed by atoms with Crippen LogP contribution in [0.4, 0.5) is 9.59 Å². The highest BCUT2D eigenvalue weighted by molar-refractivity contribution is 7.79. The quantitative estimate of drug-likeness (QED) is 0.0756. The maximum absolute atomic E-state index is 14.2. The second kappa shape index (κ2) is 24.6. The van der Waals surface area contributed by atoms with Gasteiger partial charge in [-0.25, -0.2) is 14.6 Å². The number of alkyl carbamates (subject to hydrolysis) is 1. The summed E-state index contributed by atoms with van der Waals surface area (Å²) in [6.07, 6.45) is 4.00. The smallest absolute Gasteiger partial charge is 0.407 e. The third-order valence-corrected chi connectivity index (χ3v) is 11.2. The Balaban J connectivity index is 0.00000145. The molecule has 3 heterocycles. The lowest BCUT2D eigenvalue weighted by molar-refractivity contribution is -0.124. The zero-order valence-electron chi connectivity index (χ0n) is 33.6. The van der Waals surface area contributed by atoms with Gasteiger partial charge in [0.25, 0.3) is 0 Å². The first-order chi connectivity index (χ1) is 28.2. The van der Waals surface area contributed by atoms with Gasteiger partial charge < -0.3 is 30.3 Å². The zero-order chi connectivity index (χ0) is 42.6. The minimum Gasteiger partial charge on any atom is -0.444 e. The van der Waals surface area contributed by atoms with E-state index in [1.54, 1.807) is 35.0 Å². The molecule has 0 spiro atoms. The highest BCUT2D eigenvalue weighted by Crippen LogP contribution is 2.20. The van der Waals surface area contributed by atoms with Crippen LogP contribution in [0.15, 0.2) is 77.8 Å². The predicted molar refractivity (Wildman–Crippen MR) is 227 cm³/mol. The first-order valence-electron chi connectivity index (χ1n) is 19.4. The molecule has 59 heavy (non-hydrogen) atoms. The molecule has 16 nitrogen and oxygen atoms in total. The van der Waals surface area contributed by atoms with Crippen LogP contribution in [0, 0.1) is 0 Å². The van der Waals surface area contributed by atoms with Crippen LogP contribution in [0.25, 0.3) is 0 Å². The van der Waals surface area contributed by atoms with Gasteiger partial charge >= 0.3 is 22.5 Å². The molecular formula is C40H55N7O9S3. The van der Waals surface area contributed by atoms with Crippen molar-refractivity contribution in [1.82, 2.24) is 35.7 Å². The van der Waals surface area contributed by atoms with Gasteiger partial charge in [-0.2, -0.15) is 8.42 Å². The van der Waals surface area contributed by atoms with Crippen LogP contribution in [0.5, 0.6) is 0 Å². The lowest BCUT2D eigenvalue weighted by Gasteiger charge is -2.30. The fraction of sp³-hybridized carbons (Fsp3) is 0.475. The number of carbonyl (C=O) groups is 3. The molecule has 0 aliphatic carbocycles. The summed E-state index contributed by atoms with van der Waals surface area (Å²) in [5.41, 5.74) is 4.70. The molecule has 1 aliphatic rings. The van der Waals surface area contributed by atoms with Gasteiger partial charge in [-0.1, -0.05) is 74.5 Å². The molecule has 5 N–H and O–H groups in total. The highest BCUT2D eigenvalue weighted by Gasteiger charge is 2.27. The van der Waals surface area contributed by atoms with Gasteiger partial charge in [0, 0.05) is 56.3 Å². The molecule has 4 amide bonds. The summed E-state index contributed by atoms with van der Waals surface area (Å²) in [4.78, 5) is 54.2. The van der Waals surface area contributed by atoms with Crippen molar-refractivity contribution in [2.24, 2.45) is 0 Å². The van der Waals surface area contributed by atoms with E-state index in [1.165, 1.54) is 11.3 Å². The van der Waals surface area contributed by atoms with Crippen LogP contribution in [0.1, 0.15) is 65.7 Å². The second-order valence-electron chi connectivity index (χ2n) is 14.4. The molecule has 2 aromatic carbocycles. The minimum absolute atomic E-state index is 0.150. The lowest BCUT2D eigenvalue weighted by Crippen LogP contribution is -2.54. The van der Waals surface area contributed by atoms with Crippen LogP contribution < -0.4 is 16.0 Å². The predicted octanol–water partition coefficient (Wildman–Crippen LogP) is 5.35. The van der Waals surface area contributed by atoms with Crippen LogP contribution in [0.3, 0.4) is 0 Å². The molecule has 4 aromatic rings. The van der Waals surface area contributed by atoms with E-state index in [1.807, 2.05) is 66.0 Å².